The standard InChI is InChI=1S/C12H14O2/c1-14-8-10-7-11(13)6-9-4-2-3-5-12(9)10/h2-5,10H,6-8H2,1H3. The third-order valence-corrected chi connectivity index (χ3v) is 2.72. The van der Waals surface area contributed by atoms with E-state index in [1.807, 2.05) is 18.2 Å². The maximum Gasteiger partial charge on any atom is 0.137 e. The van der Waals surface area contributed by atoms with Crippen LogP contribution in [0.2, 0.25) is 0 Å². The molecule has 0 fully saturated rings. The van der Waals surface area contributed by atoms with Crippen molar-refractivity contribution in [1.82, 2.24) is 0 Å². The predicted octanol–water partition coefficient (Wildman–Crippen LogP) is 1.93. The van der Waals surface area contributed by atoms with Crippen LogP contribution in [0.1, 0.15) is 23.5 Å². The van der Waals surface area contributed by atoms with E-state index in [0.29, 0.717) is 25.2 Å². The first-order chi connectivity index (χ1) is 6.81. The SMILES string of the molecule is COCC1CC(=O)Cc2ccccc21. The van der Waals surface area contributed by atoms with Crippen LogP contribution < -0.4 is 0 Å². The van der Waals surface area contributed by atoms with Crippen LogP contribution in [-0.2, 0) is 16.0 Å². The lowest BCUT2D eigenvalue weighted by molar-refractivity contribution is -0.119. The quantitative estimate of drug-likeness (QED) is 0.712. The number of hydrogen-bond donors (Lipinski definition) is 0. The zero-order valence-corrected chi connectivity index (χ0v) is 8.32. The number of fused-ring (bicyclic) bond motifs is 1. The third-order valence-electron chi connectivity index (χ3n) is 2.72. The van der Waals surface area contributed by atoms with Crippen molar-refractivity contribution in [3.05, 3.63) is 35.4 Å². The van der Waals surface area contributed by atoms with Crippen LogP contribution in [0.4, 0.5) is 0 Å². The van der Waals surface area contributed by atoms with Crippen LogP contribution in [-0.4, -0.2) is 19.5 Å². The first-order valence-electron chi connectivity index (χ1n) is 4.89. The Morgan fingerprint density at radius 1 is 1.43 bits per heavy atom. The van der Waals surface area contributed by atoms with Crippen molar-refractivity contribution < 1.29 is 9.53 Å². The van der Waals surface area contributed by atoms with E-state index in [4.69, 9.17) is 4.74 Å². The zero-order valence-electron chi connectivity index (χ0n) is 8.32. The average Bonchev–Trinajstić information content (AvgIpc) is 2.18. The molecule has 1 aliphatic carbocycles. The van der Waals surface area contributed by atoms with Crippen molar-refractivity contribution in [2.45, 2.75) is 18.8 Å². The highest BCUT2D eigenvalue weighted by molar-refractivity contribution is 5.84. The molecule has 0 heterocycles. The molecule has 0 bridgehead atoms. The molecule has 14 heavy (non-hydrogen) atoms. The molecule has 2 rings (SSSR count). The molecule has 0 saturated heterocycles. The largest absolute Gasteiger partial charge is 0.384 e. The fourth-order valence-corrected chi connectivity index (χ4v) is 2.11. The molecule has 2 nitrogen and oxygen atoms in total. The van der Waals surface area contributed by atoms with E-state index < -0.39 is 0 Å². The van der Waals surface area contributed by atoms with Crippen molar-refractivity contribution in [1.29, 1.82) is 0 Å². The smallest absolute Gasteiger partial charge is 0.137 e. The van der Waals surface area contributed by atoms with Gasteiger partial charge in [0.15, 0.2) is 0 Å². The molecule has 1 aromatic rings. The molecule has 0 N–H and O–H groups in total. The lowest BCUT2D eigenvalue weighted by Gasteiger charge is -2.23. The van der Waals surface area contributed by atoms with Gasteiger partial charge in [-0.05, 0) is 11.1 Å². The second-order valence-corrected chi connectivity index (χ2v) is 3.77. The minimum absolute atomic E-state index is 0.262. The molecular formula is C12H14O2. The minimum Gasteiger partial charge on any atom is -0.384 e. The van der Waals surface area contributed by atoms with E-state index in [2.05, 4.69) is 6.07 Å². The Labute approximate surface area is 83.9 Å². The Hall–Kier alpha value is -1.15. The molecule has 1 aliphatic rings. The summed E-state index contributed by atoms with van der Waals surface area (Å²) in [5, 5.41) is 0. The van der Waals surface area contributed by atoms with Gasteiger partial charge in [0.05, 0.1) is 6.61 Å². The molecular weight excluding hydrogens is 176 g/mol. The topological polar surface area (TPSA) is 26.3 Å². The first kappa shape index (κ1) is 9.41. The van der Waals surface area contributed by atoms with Crippen LogP contribution in [0.3, 0.4) is 0 Å². The van der Waals surface area contributed by atoms with Crippen LogP contribution in [0.15, 0.2) is 24.3 Å². The first-order valence-corrected chi connectivity index (χ1v) is 4.89. The average molecular weight is 190 g/mol. The zero-order chi connectivity index (χ0) is 9.97. The highest BCUT2D eigenvalue weighted by atomic mass is 16.5. The molecule has 74 valence electrons. The second-order valence-electron chi connectivity index (χ2n) is 3.77. The van der Waals surface area contributed by atoms with Gasteiger partial charge in [0, 0.05) is 25.9 Å². The molecule has 1 unspecified atom stereocenters. The van der Waals surface area contributed by atoms with Crippen LogP contribution >= 0.6 is 0 Å². The van der Waals surface area contributed by atoms with Crippen LogP contribution in [0.25, 0.3) is 0 Å². The van der Waals surface area contributed by atoms with Gasteiger partial charge >= 0.3 is 0 Å². The van der Waals surface area contributed by atoms with Gasteiger partial charge in [-0.3, -0.25) is 4.79 Å². The van der Waals surface area contributed by atoms with Gasteiger partial charge in [-0.2, -0.15) is 0 Å². The normalized spacial score (nSPS) is 20.6. The van der Waals surface area contributed by atoms with E-state index in [9.17, 15) is 4.79 Å². The van der Waals surface area contributed by atoms with Gasteiger partial charge in [-0.1, -0.05) is 24.3 Å². The van der Waals surface area contributed by atoms with Gasteiger partial charge in [0.1, 0.15) is 5.78 Å². The molecule has 2 heteroatoms. The van der Waals surface area contributed by atoms with Gasteiger partial charge < -0.3 is 4.74 Å². The summed E-state index contributed by atoms with van der Waals surface area (Å²) in [5.41, 5.74) is 2.46. The summed E-state index contributed by atoms with van der Waals surface area (Å²) < 4.78 is 5.13. The number of carbonyl (C=O) groups excluding carboxylic acids is 1. The predicted molar refractivity (Wildman–Crippen MR) is 54.4 cm³/mol. The Morgan fingerprint density at radius 2 is 2.21 bits per heavy atom. The summed E-state index contributed by atoms with van der Waals surface area (Å²) in [7, 11) is 1.68. The van der Waals surface area contributed by atoms with Crippen molar-refractivity contribution in [2.24, 2.45) is 0 Å². The van der Waals surface area contributed by atoms with Gasteiger partial charge in [-0.25, -0.2) is 0 Å². The molecule has 1 aromatic carbocycles. The number of rotatable bonds is 2. The summed E-state index contributed by atoms with van der Waals surface area (Å²) in [5.74, 6) is 0.586. The monoisotopic (exact) mass is 190 g/mol. The Kier molecular flexibility index (Phi) is 2.64. The van der Waals surface area contributed by atoms with E-state index >= 15 is 0 Å². The number of ether oxygens (including phenoxy) is 1. The van der Waals surface area contributed by atoms with E-state index in [-0.39, 0.29) is 5.92 Å². The summed E-state index contributed by atoms with van der Waals surface area (Å²) in [4.78, 5) is 11.5. The molecule has 0 spiro atoms. The van der Waals surface area contributed by atoms with E-state index in [0.717, 1.165) is 0 Å². The summed E-state index contributed by atoms with van der Waals surface area (Å²) in [6, 6.07) is 8.15. The third kappa shape index (κ3) is 1.70. The fourth-order valence-electron chi connectivity index (χ4n) is 2.11. The highest BCUT2D eigenvalue weighted by Crippen LogP contribution is 2.29. The Balaban J connectivity index is 2.33. The molecule has 0 amide bonds. The number of carbonyl (C=O) groups is 1. The second kappa shape index (κ2) is 3.93. The maximum absolute atomic E-state index is 11.5. The Morgan fingerprint density at radius 3 is 3.00 bits per heavy atom. The van der Waals surface area contributed by atoms with Crippen molar-refractivity contribution >= 4 is 5.78 Å². The lowest BCUT2D eigenvalue weighted by atomic mass is 9.82. The summed E-state index contributed by atoms with van der Waals surface area (Å²) in [6.45, 7) is 0.642. The number of benzene rings is 1. The molecule has 0 radical (unpaired) electrons. The highest BCUT2D eigenvalue weighted by Gasteiger charge is 2.24. The summed E-state index contributed by atoms with van der Waals surface area (Å²) >= 11 is 0. The van der Waals surface area contributed by atoms with Crippen molar-refractivity contribution in [3.8, 4) is 0 Å². The lowest BCUT2D eigenvalue weighted by Crippen LogP contribution is -2.21. The van der Waals surface area contributed by atoms with Gasteiger partial charge in [0.2, 0.25) is 0 Å². The van der Waals surface area contributed by atoms with Gasteiger partial charge in [0.25, 0.3) is 0 Å². The molecule has 0 aliphatic heterocycles. The minimum atomic E-state index is 0.262. The molecule has 0 saturated carbocycles. The maximum atomic E-state index is 11.5. The number of Topliss-reactive ketones (excluding diaryl/α,β-unsaturated/α-hetero) is 1. The summed E-state index contributed by atoms with van der Waals surface area (Å²) in [6.07, 6.45) is 1.22. The Bertz CT molecular complexity index is 344. The number of methoxy groups -OCH3 is 1. The van der Waals surface area contributed by atoms with Crippen LogP contribution in [0.5, 0.6) is 0 Å². The molecule has 0 aromatic heterocycles. The molecule has 1 atom stereocenters. The fraction of sp³-hybridized carbons (Fsp3) is 0.417. The van der Waals surface area contributed by atoms with E-state index in [1.54, 1.807) is 7.11 Å². The van der Waals surface area contributed by atoms with Gasteiger partial charge in [-0.15, -0.1) is 0 Å². The van der Waals surface area contributed by atoms with Crippen molar-refractivity contribution in [3.63, 3.8) is 0 Å². The van der Waals surface area contributed by atoms with Crippen molar-refractivity contribution in [2.75, 3.05) is 13.7 Å². The van der Waals surface area contributed by atoms with Crippen LogP contribution in [0, 0.1) is 0 Å². The number of ketones is 1. The van der Waals surface area contributed by atoms with E-state index in [1.165, 1.54) is 11.1 Å². The number of hydrogen-bond acceptors (Lipinski definition) is 2.